The Balaban J connectivity index is 2.16. The zero-order valence-electron chi connectivity index (χ0n) is 35.0. The van der Waals surface area contributed by atoms with Crippen LogP contribution in [0, 0.1) is 5.92 Å². The number of carbonyl (C=O) groups excluding carboxylic acids is 2. The molecule has 0 radical (unpaired) electrons. The molecule has 0 bridgehead atoms. The normalized spacial score (nSPS) is 13.7. The van der Waals surface area contributed by atoms with Gasteiger partial charge in [0.05, 0.1) is 0 Å². The van der Waals surface area contributed by atoms with Gasteiger partial charge in [0.15, 0.2) is 0 Å². The molecule has 1 fully saturated rings. The molecule has 0 aromatic carbocycles. The van der Waals surface area contributed by atoms with Crippen molar-refractivity contribution >= 4 is 11.9 Å². The summed E-state index contributed by atoms with van der Waals surface area (Å²) in [6.45, 7) is 12.5. The van der Waals surface area contributed by atoms with Crippen LogP contribution in [0.15, 0.2) is 0 Å². The van der Waals surface area contributed by atoms with Gasteiger partial charge in [-0.2, -0.15) is 0 Å². The molecule has 0 aliphatic heterocycles. The van der Waals surface area contributed by atoms with Crippen molar-refractivity contribution < 1.29 is 19.1 Å². The van der Waals surface area contributed by atoms with E-state index in [9.17, 15) is 9.59 Å². The van der Waals surface area contributed by atoms with Crippen molar-refractivity contribution in [2.24, 2.45) is 5.92 Å². The first-order chi connectivity index (χ1) is 25.0. The Kier molecular flexibility index (Phi) is 33.7. The minimum atomic E-state index is 0.0373. The summed E-state index contributed by atoms with van der Waals surface area (Å²) in [5, 5.41) is 0. The number of carbonyl (C=O) groups is 2. The molecule has 5 nitrogen and oxygen atoms in total. The van der Waals surface area contributed by atoms with Gasteiger partial charge in [-0.25, -0.2) is 0 Å². The standard InChI is InChI=1S/C46H89NO4/c1-5-9-12-15-19-25-32-43(33-26-20-16-13-10-6-2)50-45(48)35-28-22-18-23-30-40-47(39-8-4)41-31-24-29-36-46(49)51-44(42-37-38-42)34-27-21-17-14-11-7-3/h42-44H,5-41H2,1-4H3. The van der Waals surface area contributed by atoms with Crippen molar-refractivity contribution in [3.63, 3.8) is 0 Å². The number of ether oxygens (including phenoxy) is 2. The Morgan fingerprint density at radius 1 is 0.451 bits per heavy atom. The highest BCUT2D eigenvalue weighted by Gasteiger charge is 2.33. The van der Waals surface area contributed by atoms with Gasteiger partial charge >= 0.3 is 11.9 Å². The second-order valence-corrected chi connectivity index (χ2v) is 16.3. The summed E-state index contributed by atoms with van der Waals surface area (Å²) in [5.41, 5.74) is 0. The molecule has 1 saturated carbocycles. The van der Waals surface area contributed by atoms with Crippen LogP contribution in [0.1, 0.15) is 246 Å². The van der Waals surface area contributed by atoms with Gasteiger partial charge in [-0.3, -0.25) is 9.59 Å². The first-order valence-electron chi connectivity index (χ1n) is 23.1. The van der Waals surface area contributed by atoms with Gasteiger partial charge in [-0.1, -0.05) is 150 Å². The SMILES string of the molecule is CCCCCCCCC(CCCCCCCC)OC(=O)CCCCCCCN(CCC)CCCCCC(=O)OC(CCCCCCCC)C1CC1. The van der Waals surface area contributed by atoms with Crippen LogP contribution < -0.4 is 0 Å². The van der Waals surface area contributed by atoms with Crippen molar-refractivity contribution in [3.05, 3.63) is 0 Å². The summed E-state index contributed by atoms with van der Waals surface area (Å²) < 4.78 is 12.0. The molecule has 302 valence electrons. The van der Waals surface area contributed by atoms with Gasteiger partial charge in [0.2, 0.25) is 0 Å². The first kappa shape index (κ1) is 47.9. The van der Waals surface area contributed by atoms with Crippen molar-refractivity contribution in [2.75, 3.05) is 19.6 Å². The predicted octanol–water partition coefficient (Wildman–Crippen LogP) is 14.1. The van der Waals surface area contributed by atoms with Crippen LogP contribution in [-0.2, 0) is 19.1 Å². The summed E-state index contributed by atoms with van der Waals surface area (Å²) in [7, 11) is 0. The van der Waals surface area contributed by atoms with Crippen LogP contribution in [-0.4, -0.2) is 48.7 Å². The highest BCUT2D eigenvalue weighted by atomic mass is 16.5. The van der Waals surface area contributed by atoms with E-state index in [1.807, 2.05) is 0 Å². The summed E-state index contributed by atoms with van der Waals surface area (Å²) in [6, 6.07) is 0. The highest BCUT2D eigenvalue weighted by Crippen LogP contribution is 2.37. The van der Waals surface area contributed by atoms with Crippen LogP contribution in [0.4, 0.5) is 0 Å². The van der Waals surface area contributed by atoms with Crippen molar-refractivity contribution in [3.8, 4) is 0 Å². The fourth-order valence-corrected chi connectivity index (χ4v) is 7.59. The molecule has 0 aromatic heterocycles. The van der Waals surface area contributed by atoms with Crippen molar-refractivity contribution in [1.82, 2.24) is 4.90 Å². The largest absolute Gasteiger partial charge is 0.462 e. The lowest BCUT2D eigenvalue weighted by atomic mass is 10.0. The van der Waals surface area contributed by atoms with Gasteiger partial charge in [0.25, 0.3) is 0 Å². The summed E-state index contributed by atoms with van der Waals surface area (Å²) in [6.07, 6.45) is 40.6. The molecular weight excluding hydrogens is 631 g/mol. The Morgan fingerprint density at radius 3 is 1.31 bits per heavy atom. The highest BCUT2D eigenvalue weighted by molar-refractivity contribution is 5.69. The van der Waals surface area contributed by atoms with E-state index in [0.29, 0.717) is 18.8 Å². The van der Waals surface area contributed by atoms with Crippen molar-refractivity contribution in [1.29, 1.82) is 0 Å². The van der Waals surface area contributed by atoms with E-state index in [1.165, 1.54) is 154 Å². The second kappa shape index (κ2) is 35.9. The maximum absolute atomic E-state index is 12.7. The zero-order chi connectivity index (χ0) is 37.0. The van der Waals surface area contributed by atoms with Crippen LogP contribution in [0.2, 0.25) is 0 Å². The quantitative estimate of drug-likeness (QED) is 0.0466. The third kappa shape index (κ3) is 31.0. The van der Waals surface area contributed by atoms with E-state index >= 15 is 0 Å². The Hall–Kier alpha value is -1.10. The molecule has 0 spiro atoms. The van der Waals surface area contributed by atoms with E-state index in [-0.39, 0.29) is 24.1 Å². The van der Waals surface area contributed by atoms with Gasteiger partial charge in [-0.15, -0.1) is 0 Å². The van der Waals surface area contributed by atoms with Crippen LogP contribution >= 0.6 is 0 Å². The molecular formula is C46H89NO4. The minimum absolute atomic E-state index is 0.0373. The molecule has 51 heavy (non-hydrogen) atoms. The second-order valence-electron chi connectivity index (χ2n) is 16.3. The van der Waals surface area contributed by atoms with Crippen molar-refractivity contribution in [2.45, 2.75) is 258 Å². The van der Waals surface area contributed by atoms with E-state index in [0.717, 1.165) is 71.0 Å². The number of hydrogen-bond acceptors (Lipinski definition) is 5. The maximum Gasteiger partial charge on any atom is 0.306 e. The van der Waals surface area contributed by atoms with Gasteiger partial charge in [0.1, 0.15) is 12.2 Å². The average Bonchev–Trinajstić information content (AvgIpc) is 3.97. The molecule has 0 aromatic rings. The third-order valence-corrected chi connectivity index (χ3v) is 11.1. The smallest absolute Gasteiger partial charge is 0.306 e. The summed E-state index contributed by atoms with van der Waals surface area (Å²) in [4.78, 5) is 27.9. The molecule has 0 N–H and O–H groups in total. The molecule has 1 aliphatic carbocycles. The van der Waals surface area contributed by atoms with E-state index in [1.54, 1.807) is 0 Å². The van der Waals surface area contributed by atoms with E-state index < -0.39 is 0 Å². The number of nitrogens with zero attached hydrogens (tertiary/aromatic N) is 1. The molecule has 5 heteroatoms. The summed E-state index contributed by atoms with van der Waals surface area (Å²) >= 11 is 0. The Labute approximate surface area is 318 Å². The third-order valence-electron chi connectivity index (χ3n) is 11.1. The monoisotopic (exact) mass is 720 g/mol. The lowest BCUT2D eigenvalue weighted by Crippen LogP contribution is -2.27. The molecule has 1 rings (SSSR count). The van der Waals surface area contributed by atoms with Crippen LogP contribution in [0.5, 0.6) is 0 Å². The summed E-state index contributed by atoms with van der Waals surface area (Å²) in [5.74, 6) is 0.716. The number of unbranched alkanes of at least 4 members (excludes halogenated alkanes) is 21. The van der Waals surface area contributed by atoms with Crippen LogP contribution in [0.25, 0.3) is 0 Å². The zero-order valence-corrected chi connectivity index (χ0v) is 35.0. The fourth-order valence-electron chi connectivity index (χ4n) is 7.59. The number of esters is 2. The molecule has 1 unspecified atom stereocenters. The van der Waals surface area contributed by atoms with Gasteiger partial charge in [-0.05, 0) is 109 Å². The molecule has 0 amide bonds. The van der Waals surface area contributed by atoms with Gasteiger partial charge < -0.3 is 14.4 Å². The lowest BCUT2D eigenvalue weighted by molar-refractivity contribution is -0.151. The van der Waals surface area contributed by atoms with E-state index in [2.05, 4.69) is 32.6 Å². The Bertz CT molecular complexity index is 752. The minimum Gasteiger partial charge on any atom is -0.462 e. The van der Waals surface area contributed by atoms with E-state index in [4.69, 9.17) is 9.47 Å². The maximum atomic E-state index is 12.7. The Morgan fingerprint density at radius 2 is 0.843 bits per heavy atom. The number of rotatable bonds is 40. The lowest BCUT2D eigenvalue weighted by Gasteiger charge is -2.21. The molecule has 0 heterocycles. The first-order valence-corrected chi connectivity index (χ1v) is 23.1. The van der Waals surface area contributed by atoms with Crippen LogP contribution in [0.3, 0.4) is 0 Å². The number of hydrogen-bond donors (Lipinski definition) is 0. The predicted molar refractivity (Wildman–Crippen MR) is 219 cm³/mol. The molecule has 1 aliphatic rings. The topological polar surface area (TPSA) is 55.8 Å². The molecule has 1 atom stereocenters. The molecule has 0 saturated heterocycles. The fraction of sp³-hybridized carbons (Fsp3) is 0.957. The average molecular weight is 720 g/mol. The van der Waals surface area contributed by atoms with Gasteiger partial charge in [0, 0.05) is 12.8 Å².